The molecule has 0 aromatic heterocycles. The van der Waals surface area contributed by atoms with Gasteiger partial charge in [-0.1, -0.05) is 119 Å². The van der Waals surface area contributed by atoms with Crippen LogP contribution >= 0.6 is 31.9 Å². The largest absolute Gasteiger partial charge is 0.495 e. The van der Waals surface area contributed by atoms with E-state index < -0.39 is 14.2 Å². The first-order valence-electron chi connectivity index (χ1n) is 21.0. The van der Waals surface area contributed by atoms with Crippen molar-refractivity contribution in [3.8, 4) is 28.4 Å². The van der Waals surface area contributed by atoms with Crippen LogP contribution in [0.4, 0.5) is 5.69 Å². The van der Waals surface area contributed by atoms with Crippen LogP contribution in [0.1, 0.15) is 82.2 Å². The molecule has 0 saturated carbocycles. The predicted molar refractivity (Wildman–Crippen MR) is 250 cm³/mol. The van der Waals surface area contributed by atoms with Gasteiger partial charge < -0.3 is 28.6 Å². The lowest BCUT2D eigenvalue weighted by Gasteiger charge is -2.39. The summed E-state index contributed by atoms with van der Waals surface area (Å²) >= 11 is 6.80. The van der Waals surface area contributed by atoms with Crippen molar-refractivity contribution in [3.63, 3.8) is 0 Å². The second-order valence-corrected chi connectivity index (χ2v) is 21.7. The monoisotopic (exact) mass is 949 g/mol. The lowest BCUT2D eigenvalue weighted by atomic mass is 9.76. The number of piperidine rings is 1. The van der Waals surface area contributed by atoms with Crippen molar-refractivity contribution in [1.82, 2.24) is 0 Å². The number of nitrogens with zero attached hydrogens (tertiary/aromatic N) is 1. The molecule has 2 unspecified atom stereocenters. The summed E-state index contributed by atoms with van der Waals surface area (Å²) in [5.74, 6) is 1.80. The second kappa shape index (κ2) is 16.5. The van der Waals surface area contributed by atoms with Crippen molar-refractivity contribution >= 4 is 66.3 Å². The number of carbonyl (C=O) groups is 2. The quantitative estimate of drug-likeness (QED) is 0.0695. The van der Waals surface area contributed by atoms with Crippen LogP contribution in [0, 0.1) is 5.92 Å². The molecule has 1 fully saturated rings. The SMILES string of the molecule is COc1cc2c3c(c4c(c2cc1N1CCCC(COC(=O)C(C)(C)Br)C1)-c1ccccc1C4(C)C)C=CC(c1ccccc1)(c1ccc(OCCOC(=O)C(C)(C)Br)cc1)O3. The number of halogens is 2. The number of alkyl halides is 2. The van der Waals surface area contributed by atoms with Crippen molar-refractivity contribution in [2.45, 2.75) is 74.0 Å². The summed E-state index contributed by atoms with van der Waals surface area (Å²) < 4.78 is 29.5. The van der Waals surface area contributed by atoms with Crippen LogP contribution < -0.4 is 19.1 Å². The third kappa shape index (κ3) is 8.06. The molecule has 61 heavy (non-hydrogen) atoms. The number of fused-ring (bicyclic) bond motifs is 8. The van der Waals surface area contributed by atoms with Gasteiger partial charge in [-0.15, -0.1) is 0 Å². The van der Waals surface area contributed by atoms with Gasteiger partial charge in [-0.25, -0.2) is 0 Å². The molecule has 5 aromatic carbocycles. The highest BCUT2D eigenvalue weighted by molar-refractivity contribution is 9.10. The predicted octanol–water partition coefficient (Wildman–Crippen LogP) is 11.5. The van der Waals surface area contributed by atoms with Crippen LogP contribution in [0.25, 0.3) is 28.0 Å². The smallest absolute Gasteiger partial charge is 0.322 e. The summed E-state index contributed by atoms with van der Waals surface area (Å²) in [7, 11) is 1.73. The lowest BCUT2D eigenvalue weighted by molar-refractivity contribution is -0.147. The third-order valence-electron chi connectivity index (χ3n) is 12.2. The number of rotatable bonds is 12. The highest BCUT2D eigenvalue weighted by atomic mass is 79.9. The molecule has 8 nitrogen and oxygen atoms in total. The number of hydrogen-bond donors (Lipinski definition) is 0. The fraction of sp³-hybridized carbons (Fsp3) is 0.373. The fourth-order valence-electron chi connectivity index (χ4n) is 9.09. The van der Waals surface area contributed by atoms with Crippen LogP contribution in [0.3, 0.4) is 0 Å². The average molecular weight is 952 g/mol. The Morgan fingerprint density at radius 3 is 2.21 bits per heavy atom. The molecule has 318 valence electrons. The zero-order chi connectivity index (χ0) is 43.3. The van der Waals surface area contributed by atoms with E-state index in [1.807, 2.05) is 56.3 Å². The number of carbonyl (C=O) groups excluding carboxylic acids is 2. The maximum absolute atomic E-state index is 12.7. The van der Waals surface area contributed by atoms with Crippen molar-refractivity contribution in [2.75, 3.05) is 44.9 Å². The Morgan fingerprint density at radius 1 is 0.836 bits per heavy atom. The number of esters is 2. The molecule has 0 N–H and O–H groups in total. The summed E-state index contributed by atoms with van der Waals surface area (Å²) in [6, 6.07) is 31.5. The third-order valence-corrected chi connectivity index (χ3v) is 12.8. The Labute approximate surface area is 375 Å². The van der Waals surface area contributed by atoms with E-state index in [0.29, 0.717) is 12.4 Å². The van der Waals surface area contributed by atoms with Gasteiger partial charge in [0.25, 0.3) is 0 Å². The molecule has 8 rings (SSSR count). The molecule has 0 bridgehead atoms. The Balaban J connectivity index is 1.22. The zero-order valence-electron chi connectivity index (χ0n) is 35.9. The van der Waals surface area contributed by atoms with E-state index >= 15 is 0 Å². The van der Waals surface area contributed by atoms with Gasteiger partial charge in [0.15, 0.2) is 5.60 Å². The summed E-state index contributed by atoms with van der Waals surface area (Å²) in [5, 5.41) is 2.07. The average Bonchev–Trinajstić information content (AvgIpc) is 3.50. The highest BCUT2D eigenvalue weighted by Gasteiger charge is 2.44. The number of anilines is 1. The molecule has 2 atom stereocenters. The summed E-state index contributed by atoms with van der Waals surface area (Å²) in [4.78, 5) is 27.3. The molecular weight excluding hydrogens is 898 g/mol. The lowest BCUT2D eigenvalue weighted by Crippen LogP contribution is -2.39. The summed E-state index contributed by atoms with van der Waals surface area (Å²) in [5.41, 5.74) is 7.65. The van der Waals surface area contributed by atoms with Gasteiger partial charge in [-0.05, 0) is 98.5 Å². The van der Waals surface area contributed by atoms with E-state index in [0.717, 1.165) is 70.6 Å². The van der Waals surface area contributed by atoms with Crippen molar-refractivity contribution in [1.29, 1.82) is 0 Å². The fourth-order valence-corrected chi connectivity index (χ4v) is 9.32. The number of benzene rings is 5. The van der Waals surface area contributed by atoms with Gasteiger partial charge in [0.1, 0.15) is 39.1 Å². The Hall–Kier alpha value is -4.80. The van der Waals surface area contributed by atoms with Gasteiger partial charge in [0.2, 0.25) is 0 Å². The summed E-state index contributed by atoms with van der Waals surface area (Å²) in [6.45, 7) is 14.1. The van der Waals surface area contributed by atoms with Crippen LogP contribution in [-0.4, -0.2) is 60.6 Å². The summed E-state index contributed by atoms with van der Waals surface area (Å²) in [6.07, 6.45) is 6.40. The van der Waals surface area contributed by atoms with E-state index in [4.69, 9.17) is 23.7 Å². The molecule has 2 heterocycles. The van der Waals surface area contributed by atoms with Crippen molar-refractivity contribution < 1.29 is 33.3 Å². The highest BCUT2D eigenvalue weighted by Crippen LogP contribution is 2.59. The van der Waals surface area contributed by atoms with Crippen molar-refractivity contribution in [3.05, 3.63) is 125 Å². The van der Waals surface area contributed by atoms with Gasteiger partial charge >= 0.3 is 11.9 Å². The van der Waals surface area contributed by atoms with Crippen molar-refractivity contribution in [2.24, 2.45) is 5.92 Å². The molecule has 10 heteroatoms. The van der Waals surface area contributed by atoms with Gasteiger partial charge in [0.05, 0.1) is 19.4 Å². The molecule has 1 aliphatic carbocycles. The number of ether oxygens (including phenoxy) is 5. The van der Waals surface area contributed by atoms with E-state index in [2.05, 4.69) is 111 Å². The van der Waals surface area contributed by atoms with E-state index in [1.54, 1.807) is 21.0 Å². The van der Waals surface area contributed by atoms with Gasteiger partial charge in [-0.3, -0.25) is 9.59 Å². The molecule has 5 aromatic rings. The first-order valence-corrected chi connectivity index (χ1v) is 22.6. The van der Waals surface area contributed by atoms with Gasteiger partial charge in [-0.2, -0.15) is 0 Å². The molecule has 0 spiro atoms. The van der Waals surface area contributed by atoms with Crippen LogP contribution in [-0.2, 0) is 30.1 Å². The Bertz CT molecular complexity index is 2500. The first kappa shape index (κ1) is 42.9. The molecule has 3 aliphatic rings. The van der Waals surface area contributed by atoms with E-state index in [-0.39, 0.29) is 36.5 Å². The van der Waals surface area contributed by atoms with E-state index in [9.17, 15) is 9.59 Å². The number of hydrogen-bond acceptors (Lipinski definition) is 8. The van der Waals surface area contributed by atoms with Crippen LogP contribution in [0.5, 0.6) is 17.2 Å². The topological polar surface area (TPSA) is 83.5 Å². The molecular formula is C51H53Br2NO7. The minimum atomic E-state index is -0.979. The molecule has 0 amide bonds. The van der Waals surface area contributed by atoms with Gasteiger partial charge in [0, 0.05) is 46.5 Å². The maximum Gasteiger partial charge on any atom is 0.322 e. The first-order chi connectivity index (χ1) is 29.0. The Kier molecular flexibility index (Phi) is 11.6. The second-order valence-electron chi connectivity index (χ2n) is 17.8. The molecule has 0 radical (unpaired) electrons. The number of methoxy groups -OCH3 is 1. The minimum absolute atomic E-state index is 0.138. The van der Waals surface area contributed by atoms with E-state index in [1.165, 1.54) is 22.3 Å². The maximum atomic E-state index is 12.7. The van der Waals surface area contributed by atoms with Crippen LogP contribution in [0.15, 0.2) is 97.1 Å². The minimum Gasteiger partial charge on any atom is -0.495 e. The Morgan fingerprint density at radius 2 is 1.51 bits per heavy atom. The molecule has 1 saturated heterocycles. The van der Waals surface area contributed by atoms with Crippen LogP contribution in [0.2, 0.25) is 0 Å². The normalized spacial score (nSPS) is 19.0. The zero-order valence-corrected chi connectivity index (χ0v) is 39.1. The molecule has 2 aliphatic heterocycles. The standard InChI is InChI=1S/C51H53Br2NO7/c1-48(2)40-18-12-11-17-36(40)43-38-28-41(54-25-13-14-32(30-54)31-60-47(56)50(5,6)53)42(57-7)29-39(38)45-37(44(43)48)23-24-51(61-45,33-15-9-8-10-16-33)34-19-21-35(22-20-34)58-26-27-59-46(55)49(3,4)52/h8-12,15-24,28-29,32H,13-14,25-27,30-31H2,1-7H3.